The van der Waals surface area contributed by atoms with Crippen LogP contribution in [0, 0.1) is 0 Å². The Balaban J connectivity index is 1.52. The molecule has 1 atom stereocenters. The second kappa shape index (κ2) is 15.5. The molecule has 1 heterocycles. The molecule has 0 fully saturated rings. The van der Waals surface area contributed by atoms with Crippen LogP contribution in [0.4, 0.5) is 0 Å². The molecule has 7 nitrogen and oxygen atoms in total. The van der Waals surface area contributed by atoms with Crippen LogP contribution in [-0.4, -0.2) is 30.6 Å². The lowest BCUT2D eigenvalue weighted by Crippen LogP contribution is -2.30. The molecule has 0 spiro atoms. The molecule has 4 rings (SSSR count). The zero-order chi connectivity index (χ0) is 30.6. The highest BCUT2D eigenvalue weighted by atomic mass is 32.1. The number of thiazole rings is 1. The van der Waals surface area contributed by atoms with Crippen molar-refractivity contribution in [1.82, 2.24) is 10.3 Å². The number of aromatic nitrogens is 1. The summed E-state index contributed by atoms with van der Waals surface area (Å²) in [7, 11) is 1.59. The SMILES string of the molecule is CCOC(=O)/C(C)=C\C(C)=C\c1csc(C(Cc2ccc(OCc3ccccc3)cc2)NC(=O)c2ccc(OC)cc2)n1. The van der Waals surface area contributed by atoms with Crippen molar-refractivity contribution in [3.63, 3.8) is 0 Å². The average Bonchev–Trinajstić information content (AvgIpc) is 3.49. The Morgan fingerprint density at radius 1 is 0.930 bits per heavy atom. The lowest BCUT2D eigenvalue weighted by molar-refractivity contribution is -0.138. The molecule has 43 heavy (non-hydrogen) atoms. The number of hydrogen-bond acceptors (Lipinski definition) is 7. The molecule has 0 saturated carbocycles. The van der Waals surface area contributed by atoms with Crippen molar-refractivity contribution in [2.45, 2.75) is 39.8 Å². The number of methoxy groups -OCH3 is 1. The first-order valence-electron chi connectivity index (χ1n) is 14.0. The summed E-state index contributed by atoms with van der Waals surface area (Å²) in [6.07, 6.45) is 4.23. The van der Waals surface area contributed by atoms with Gasteiger partial charge in [0.25, 0.3) is 5.91 Å². The van der Waals surface area contributed by atoms with Gasteiger partial charge in [-0.25, -0.2) is 9.78 Å². The molecule has 0 bridgehead atoms. The van der Waals surface area contributed by atoms with Crippen LogP contribution in [0.25, 0.3) is 6.08 Å². The van der Waals surface area contributed by atoms with Crippen molar-refractivity contribution in [1.29, 1.82) is 0 Å². The smallest absolute Gasteiger partial charge is 0.333 e. The van der Waals surface area contributed by atoms with E-state index in [1.165, 1.54) is 11.3 Å². The number of esters is 1. The minimum Gasteiger partial charge on any atom is -0.497 e. The first-order chi connectivity index (χ1) is 20.8. The lowest BCUT2D eigenvalue weighted by atomic mass is 10.1. The fraction of sp³-hybridized carbons (Fsp3) is 0.229. The maximum atomic E-state index is 13.3. The molecule has 0 aliphatic heterocycles. The molecule has 222 valence electrons. The van der Waals surface area contributed by atoms with E-state index in [9.17, 15) is 9.59 Å². The fourth-order valence-corrected chi connectivity index (χ4v) is 5.16. The molecule has 8 heteroatoms. The molecule has 1 amide bonds. The molecule has 3 aromatic carbocycles. The van der Waals surface area contributed by atoms with Gasteiger partial charge >= 0.3 is 5.97 Å². The van der Waals surface area contributed by atoms with Crippen LogP contribution in [0.5, 0.6) is 11.5 Å². The van der Waals surface area contributed by atoms with Crippen LogP contribution in [0.1, 0.15) is 59.0 Å². The van der Waals surface area contributed by atoms with Crippen molar-refractivity contribution < 1.29 is 23.8 Å². The minimum atomic E-state index is -0.366. The molecule has 1 aromatic heterocycles. The zero-order valence-electron chi connectivity index (χ0n) is 24.8. The number of benzene rings is 3. The zero-order valence-corrected chi connectivity index (χ0v) is 25.6. The van der Waals surface area contributed by atoms with Crippen molar-refractivity contribution in [2.75, 3.05) is 13.7 Å². The number of allylic oxidation sites excluding steroid dienone is 2. The highest BCUT2D eigenvalue weighted by Gasteiger charge is 2.20. The molecule has 1 N–H and O–H groups in total. The fourth-order valence-electron chi connectivity index (χ4n) is 4.33. The van der Waals surface area contributed by atoms with Gasteiger partial charge in [0.15, 0.2) is 0 Å². The van der Waals surface area contributed by atoms with E-state index in [0.29, 0.717) is 36.5 Å². The highest BCUT2D eigenvalue weighted by molar-refractivity contribution is 7.09. The standard InChI is InChI=1S/C35H36N2O5S/c1-5-41-35(39)25(3)19-24(2)20-29-23-43-34(36-29)32(37-33(38)28-13-17-30(40-4)18-14-28)21-26-11-15-31(16-12-26)42-22-27-9-7-6-8-10-27/h6-20,23,32H,5,21-22H2,1-4H3,(H,37,38)/b24-20+,25-19-. The van der Waals surface area contributed by atoms with Gasteiger partial charge in [0.05, 0.1) is 25.5 Å². The van der Waals surface area contributed by atoms with Gasteiger partial charge in [-0.1, -0.05) is 42.5 Å². The summed E-state index contributed by atoms with van der Waals surface area (Å²) in [5, 5.41) is 5.89. The lowest BCUT2D eigenvalue weighted by Gasteiger charge is -2.17. The van der Waals surface area contributed by atoms with Crippen LogP contribution in [-0.2, 0) is 22.6 Å². The van der Waals surface area contributed by atoms with Crippen molar-refractivity contribution >= 4 is 29.3 Å². The van der Waals surface area contributed by atoms with E-state index in [1.807, 2.05) is 73.0 Å². The third-order valence-corrected chi connectivity index (χ3v) is 7.50. The minimum absolute atomic E-state index is 0.202. The largest absolute Gasteiger partial charge is 0.497 e. The quantitative estimate of drug-likeness (QED) is 0.0986. The number of nitrogens with one attached hydrogen (secondary N) is 1. The molecular weight excluding hydrogens is 560 g/mol. The number of ether oxygens (including phenoxy) is 3. The molecule has 0 radical (unpaired) electrons. The first-order valence-corrected chi connectivity index (χ1v) is 14.9. The van der Waals surface area contributed by atoms with Gasteiger partial charge in [-0.2, -0.15) is 0 Å². The monoisotopic (exact) mass is 596 g/mol. The Bertz CT molecular complexity index is 1560. The Kier molecular flexibility index (Phi) is 11.3. The maximum absolute atomic E-state index is 13.3. The van der Waals surface area contributed by atoms with Gasteiger partial charge in [0.2, 0.25) is 0 Å². The normalized spacial score (nSPS) is 12.4. The molecule has 4 aromatic rings. The summed E-state index contributed by atoms with van der Waals surface area (Å²) >= 11 is 1.48. The van der Waals surface area contributed by atoms with Crippen molar-refractivity contribution in [3.8, 4) is 11.5 Å². The molecule has 0 aliphatic rings. The summed E-state index contributed by atoms with van der Waals surface area (Å²) < 4.78 is 16.2. The van der Waals surface area contributed by atoms with E-state index in [4.69, 9.17) is 19.2 Å². The number of amides is 1. The van der Waals surface area contributed by atoms with E-state index in [1.54, 1.807) is 51.3 Å². The number of carbonyl (C=O) groups is 2. The van der Waals surface area contributed by atoms with E-state index in [2.05, 4.69) is 5.32 Å². The topological polar surface area (TPSA) is 86.8 Å². The van der Waals surface area contributed by atoms with Crippen LogP contribution in [0.3, 0.4) is 0 Å². The van der Waals surface area contributed by atoms with Gasteiger partial charge < -0.3 is 19.5 Å². The predicted octanol–water partition coefficient (Wildman–Crippen LogP) is 7.36. The summed E-state index contributed by atoms with van der Waals surface area (Å²) in [5.74, 6) is 0.912. The highest BCUT2D eigenvalue weighted by Crippen LogP contribution is 2.26. The number of carbonyl (C=O) groups excluding carboxylic acids is 2. The van der Waals surface area contributed by atoms with Crippen LogP contribution in [0.2, 0.25) is 0 Å². The summed E-state index contributed by atoms with van der Waals surface area (Å²) in [6.45, 7) is 6.23. The van der Waals surface area contributed by atoms with Crippen LogP contribution < -0.4 is 14.8 Å². The molecule has 1 unspecified atom stereocenters. The Morgan fingerprint density at radius 2 is 1.63 bits per heavy atom. The number of nitrogens with zero attached hydrogens (tertiary/aromatic N) is 1. The van der Waals surface area contributed by atoms with Crippen molar-refractivity contribution in [3.05, 3.63) is 129 Å². The van der Waals surface area contributed by atoms with Gasteiger partial charge in [0, 0.05) is 16.5 Å². The van der Waals surface area contributed by atoms with Crippen LogP contribution >= 0.6 is 11.3 Å². The Labute approximate surface area is 256 Å². The summed E-state index contributed by atoms with van der Waals surface area (Å²) in [6, 6.07) is 24.6. The second-order valence-electron chi connectivity index (χ2n) is 9.92. The predicted molar refractivity (Wildman–Crippen MR) is 170 cm³/mol. The number of rotatable bonds is 13. The number of hydrogen-bond donors (Lipinski definition) is 1. The summed E-state index contributed by atoms with van der Waals surface area (Å²) in [5.41, 5.74) is 4.80. The van der Waals surface area contributed by atoms with Crippen molar-refractivity contribution in [2.24, 2.45) is 0 Å². The third kappa shape index (κ3) is 9.41. The first kappa shape index (κ1) is 31.3. The van der Waals surface area contributed by atoms with Gasteiger partial charge in [-0.05, 0) is 92.4 Å². The second-order valence-corrected chi connectivity index (χ2v) is 10.8. The van der Waals surface area contributed by atoms with E-state index >= 15 is 0 Å². The Hall–Kier alpha value is -4.69. The maximum Gasteiger partial charge on any atom is 0.333 e. The van der Waals surface area contributed by atoms with Gasteiger partial charge in [0.1, 0.15) is 23.1 Å². The van der Waals surface area contributed by atoms with E-state index < -0.39 is 0 Å². The molecular formula is C35H36N2O5S. The van der Waals surface area contributed by atoms with E-state index in [-0.39, 0.29) is 17.9 Å². The van der Waals surface area contributed by atoms with Crippen LogP contribution in [0.15, 0.2) is 101 Å². The Morgan fingerprint density at radius 3 is 2.30 bits per heavy atom. The average molecular weight is 597 g/mol. The molecule has 0 aliphatic carbocycles. The van der Waals surface area contributed by atoms with E-state index in [0.717, 1.165) is 33.2 Å². The third-order valence-electron chi connectivity index (χ3n) is 6.52. The summed E-state index contributed by atoms with van der Waals surface area (Å²) in [4.78, 5) is 30.1. The van der Waals surface area contributed by atoms with Gasteiger partial charge in [-0.15, -0.1) is 11.3 Å². The van der Waals surface area contributed by atoms with Gasteiger partial charge in [-0.3, -0.25) is 4.79 Å². The molecule has 0 saturated heterocycles.